The molecule has 4 nitrogen and oxygen atoms in total. The minimum Gasteiger partial charge on any atom is -0.379 e. The molecule has 0 aromatic heterocycles. The van der Waals surface area contributed by atoms with Crippen molar-refractivity contribution in [3.05, 3.63) is 0 Å². The van der Waals surface area contributed by atoms with Gasteiger partial charge in [-0.25, -0.2) is 0 Å². The third-order valence-electron chi connectivity index (χ3n) is 6.13. The molecule has 2 atom stereocenters. The van der Waals surface area contributed by atoms with E-state index in [0.29, 0.717) is 5.78 Å². The molecule has 0 aromatic rings. The predicted molar refractivity (Wildman–Crippen MR) is 101 cm³/mol. The van der Waals surface area contributed by atoms with E-state index in [1.807, 2.05) is 0 Å². The summed E-state index contributed by atoms with van der Waals surface area (Å²) in [6, 6.07) is 0.190. The van der Waals surface area contributed by atoms with Crippen molar-refractivity contribution >= 4 is 5.78 Å². The van der Waals surface area contributed by atoms with Crippen molar-refractivity contribution in [2.45, 2.75) is 78.3 Å². The highest BCUT2D eigenvalue weighted by molar-refractivity contribution is 5.86. The smallest absolute Gasteiger partial charge is 0.152 e. The topological polar surface area (TPSA) is 32.8 Å². The minimum atomic E-state index is 0.190. The Hall–Kier alpha value is -0.450. The number of likely N-dealkylation sites (N-methyl/N-ethyl adjacent to an activating group) is 1. The highest BCUT2D eigenvalue weighted by Crippen LogP contribution is 2.33. The monoisotopic (exact) mass is 340 g/mol. The van der Waals surface area contributed by atoms with Gasteiger partial charge < -0.3 is 9.64 Å². The van der Waals surface area contributed by atoms with Crippen LogP contribution >= 0.6 is 0 Å². The van der Waals surface area contributed by atoms with Gasteiger partial charge in [-0.05, 0) is 52.6 Å². The number of morpholine rings is 1. The second-order valence-electron chi connectivity index (χ2n) is 7.68. The number of carbonyl (C=O) groups excluding carboxylic acids is 1. The molecule has 142 valence electrons. The zero-order valence-electron chi connectivity index (χ0n) is 16.9. The summed E-state index contributed by atoms with van der Waals surface area (Å²) in [7, 11) is 2.11. The SMILES string of the molecule is CCC(C)C(=O)[C@@H]1CCCN1C(C)(CC)CC.CN1CCOCC1. The average molecular weight is 341 g/mol. The Morgan fingerprint density at radius 3 is 2.17 bits per heavy atom. The summed E-state index contributed by atoms with van der Waals surface area (Å²) >= 11 is 0. The van der Waals surface area contributed by atoms with Crippen molar-refractivity contribution < 1.29 is 9.53 Å². The molecule has 4 heteroatoms. The predicted octanol–water partition coefficient (Wildman–Crippen LogP) is 3.59. The van der Waals surface area contributed by atoms with Crippen LogP contribution in [0.3, 0.4) is 0 Å². The summed E-state index contributed by atoms with van der Waals surface area (Å²) in [6.07, 6.45) is 5.49. The quantitative estimate of drug-likeness (QED) is 0.740. The van der Waals surface area contributed by atoms with Gasteiger partial charge in [0.1, 0.15) is 0 Å². The Labute approximate surface area is 149 Å². The van der Waals surface area contributed by atoms with Crippen LogP contribution in [0.15, 0.2) is 0 Å². The minimum absolute atomic E-state index is 0.190. The zero-order chi connectivity index (χ0) is 18.2. The number of likely N-dealkylation sites (tertiary alicyclic amines) is 1. The van der Waals surface area contributed by atoms with E-state index in [1.165, 1.54) is 6.42 Å². The van der Waals surface area contributed by atoms with Gasteiger partial charge >= 0.3 is 0 Å². The molecule has 2 rings (SSSR count). The van der Waals surface area contributed by atoms with Crippen molar-refractivity contribution in [2.75, 3.05) is 39.9 Å². The van der Waals surface area contributed by atoms with Gasteiger partial charge in [-0.1, -0.05) is 27.7 Å². The van der Waals surface area contributed by atoms with Crippen LogP contribution in [0.5, 0.6) is 0 Å². The lowest BCUT2D eigenvalue weighted by Crippen LogP contribution is -2.51. The molecule has 0 bridgehead atoms. The van der Waals surface area contributed by atoms with E-state index < -0.39 is 0 Å². The maximum atomic E-state index is 12.4. The van der Waals surface area contributed by atoms with E-state index in [4.69, 9.17) is 4.74 Å². The number of ether oxygens (including phenoxy) is 1. The van der Waals surface area contributed by atoms with Gasteiger partial charge in [0.05, 0.1) is 19.3 Å². The number of Topliss-reactive ketones (excluding diaryl/α,β-unsaturated/α-hetero) is 1. The lowest BCUT2D eigenvalue weighted by molar-refractivity contribution is -0.129. The molecular formula is C20H40N2O2. The molecule has 0 aliphatic carbocycles. The normalized spacial score (nSPS) is 24.3. The van der Waals surface area contributed by atoms with Crippen molar-refractivity contribution in [3.63, 3.8) is 0 Å². The Kier molecular flexibility index (Phi) is 9.47. The van der Waals surface area contributed by atoms with Crippen molar-refractivity contribution in [3.8, 4) is 0 Å². The lowest BCUT2D eigenvalue weighted by Gasteiger charge is -2.41. The van der Waals surface area contributed by atoms with E-state index >= 15 is 0 Å². The first-order chi connectivity index (χ1) is 11.4. The first-order valence-electron chi connectivity index (χ1n) is 9.96. The molecule has 2 saturated heterocycles. The Morgan fingerprint density at radius 1 is 1.17 bits per heavy atom. The fourth-order valence-corrected chi connectivity index (χ4v) is 3.55. The summed E-state index contributed by atoms with van der Waals surface area (Å²) in [5, 5.41) is 0. The molecule has 2 heterocycles. The molecule has 0 radical (unpaired) electrons. The van der Waals surface area contributed by atoms with Gasteiger partial charge in [0, 0.05) is 24.5 Å². The summed E-state index contributed by atoms with van der Waals surface area (Å²) in [6.45, 7) is 16.1. The first-order valence-corrected chi connectivity index (χ1v) is 9.96. The van der Waals surface area contributed by atoms with E-state index in [9.17, 15) is 4.79 Å². The van der Waals surface area contributed by atoms with Gasteiger partial charge in [0.2, 0.25) is 0 Å². The number of hydrogen-bond acceptors (Lipinski definition) is 4. The molecule has 0 amide bonds. The highest BCUT2D eigenvalue weighted by Gasteiger charge is 2.40. The summed E-state index contributed by atoms with van der Waals surface area (Å²) in [4.78, 5) is 17.2. The second-order valence-corrected chi connectivity index (χ2v) is 7.68. The van der Waals surface area contributed by atoms with E-state index in [-0.39, 0.29) is 17.5 Å². The van der Waals surface area contributed by atoms with Crippen molar-refractivity contribution in [1.82, 2.24) is 9.80 Å². The van der Waals surface area contributed by atoms with Crippen LogP contribution in [0, 0.1) is 5.92 Å². The van der Waals surface area contributed by atoms with Gasteiger partial charge in [-0.15, -0.1) is 0 Å². The largest absolute Gasteiger partial charge is 0.379 e. The molecular weight excluding hydrogens is 300 g/mol. The Balaban J connectivity index is 0.000000341. The van der Waals surface area contributed by atoms with Gasteiger partial charge in [-0.2, -0.15) is 0 Å². The van der Waals surface area contributed by atoms with Gasteiger partial charge in [0.25, 0.3) is 0 Å². The average Bonchev–Trinajstić information content (AvgIpc) is 3.11. The van der Waals surface area contributed by atoms with Crippen LogP contribution in [0.4, 0.5) is 0 Å². The van der Waals surface area contributed by atoms with Gasteiger partial charge in [-0.3, -0.25) is 9.69 Å². The van der Waals surface area contributed by atoms with E-state index in [0.717, 1.165) is 58.5 Å². The maximum absolute atomic E-state index is 12.4. The molecule has 0 N–H and O–H groups in total. The maximum Gasteiger partial charge on any atom is 0.152 e. The van der Waals surface area contributed by atoms with E-state index in [2.05, 4.69) is 51.5 Å². The van der Waals surface area contributed by atoms with Crippen LogP contribution in [-0.2, 0) is 9.53 Å². The molecule has 0 aromatic carbocycles. The Bertz CT molecular complexity index is 363. The zero-order valence-corrected chi connectivity index (χ0v) is 16.9. The summed E-state index contributed by atoms with van der Waals surface area (Å²) in [5.74, 6) is 0.691. The van der Waals surface area contributed by atoms with Crippen LogP contribution in [0.25, 0.3) is 0 Å². The van der Waals surface area contributed by atoms with Crippen LogP contribution in [-0.4, -0.2) is 67.1 Å². The van der Waals surface area contributed by atoms with Crippen molar-refractivity contribution in [1.29, 1.82) is 0 Å². The molecule has 2 fully saturated rings. The molecule has 0 saturated carbocycles. The molecule has 2 aliphatic rings. The van der Waals surface area contributed by atoms with Crippen molar-refractivity contribution in [2.24, 2.45) is 5.92 Å². The number of carbonyl (C=O) groups is 1. The standard InChI is InChI=1S/C15H29NO.C5H11NO/c1-6-12(4)14(17)13-10-9-11-16(13)15(5,7-2)8-3;1-6-2-4-7-5-3-6/h12-13H,6-11H2,1-5H3;2-5H2,1H3/t12?,13-;/m0./s1. The van der Waals surface area contributed by atoms with Crippen LogP contribution in [0.2, 0.25) is 0 Å². The second kappa shape index (κ2) is 10.5. The fraction of sp³-hybridized carbons (Fsp3) is 0.950. The molecule has 1 unspecified atom stereocenters. The lowest BCUT2D eigenvalue weighted by atomic mass is 9.89. The molecule has 0 spiro atoms. The third-order valence-corrected chi connectivity index (χ3v) is 6.13. The molecule has 24 heavy (non-hydrogen) atoms. The number of nitrogens with zero attached hydrogens (tertiary/aromatic N) is 2. The summed E-state index contributed by atoms with van der Waals surface area (Å²) in [5.41, 5.74) is 0.213. The third kappa shape index (κ3) is 5.82. The fourth-order valence-electron chi connectivity index (χ4n) is 3.55. The highest BCUT2D eigenvalue weighted by atomic mass is 16.5. The van der Waals surface area contributed by atoms with Crippen LogP contribution < -0.4 is 0 Å². The Morgan fingerprint density at radius 2 is 1.75 bits per heavy atom. The van der Waals surface area contributed by atoms with E-state index in [1.54, 1.807) is 0 Å². The van der Waals surface area contributed by atoms with Gasteiger partial charge in [0.15, 0.2) is 5.78 Å². The number of hydrogen-bond donors (Lipinski definition) is 0. The summed E-state index contributed by atoms with van der Waals surface area (Å²) < 4.78 is 5.10. The number of rotatable bonds is 6. The van der Waals surface area contributed by atoms with Crippen LogP contribution in [0.1, 0.15) is 66.7 Å². The number of ketones is 1. The first kappa shape index (κ1) is 21.6. The molecule has 2 aliphatic heterocycles.